The molecule has 1 heterocycles. The Kier molecular flexibility index (Phi) is 2.88. The molecule has 4 nitrogen and oxygen atoms in total. The second-order valence-corrected chi connectivity index (χ2v) is 5.75. The molecule has 2 aliphatic rings. The van der Waals surface area contributed by atoms with Gasteiger partial charge in [0.05, 0.1) is 7.11 Å². The van der Waals surface area contributed by atoms with Crippen molar-refractivity contribution in [3.8, 4) is 11.5 Å². The molecule has 102 valence electrons. The average Bonchev–Trinajstić information content (AvgIpc) is 2.37. The van der Waals surface area contributed by atoms with Crippen LogP contribution >= 0.6 is 0 Å². The maximum atomic E-state index is 10.7. The van der Waals surface area contributed by atoms with E-state index in [9.17, 15) is 4.79 Å². The molecule has 3 unspecified atom stereocenters. The summed E-state index contributed by atoms with van der Waals surface area (Å²) in [6.45, 7) is 2.12. The van der Waals surface area contributed by atoms with Crippen molar-refractivity contribution in [3.63, 3.8) is 0 Å². The molecule has 0 radical (unpaired) electrons. The van der Waals surface area contributed by atoms with Crippen LogP contribution in [0.4, 0.5) is 0 Å². The molecule has 1 aromatic rings. The van der Waals surface area contributed by atoms with E-state index in [-0.39, 0.29) is 11.6 Å². The summed E-state index contributed by atoms with van der Waals surface area (Å²) in [5, 5.41) is 2.91. The summed E-state index contributed by atoms with van der Waals surface area (Å²) in [4.78, 5) is 10.7. The highest BCUT2D eigenvalue weighted by atomic mass is 16.5. The van der Waals surface area contributed by atoms with Gasteiger partial charge in [-0.15, -0.1) is 0 Å². The lowest BCUT2D eigenvalue weighted by Gasteiger charge is -2.47. The molecule has 1 aromatic carbocycles. The van der Waals surface area contributed by atoms with E-state index in [1.807, 2.05) is 12.1 Å². The van der Waals surface area contributed by atoms with Gasteiger partial charge in [-0.2, -0.15) is 0 Å². The fraction of sp³-hybridized carbons (Fsp3) is 0.533. The minimum atomic E-state index is -0.217. The SMILES string of the molecule is COc1cccc2c1OC1(C)CC(NC=O)CC2C1. The van der Waals surface area contributed by atoms with Gasteiger partial charge in [0.2, 0.25) is 6.41 Å². The standard InChI is InChI=1S/C15H19NO3/c1-15-7-10(6-11(8-15)16-9-17)12-4-3-5-13(18-2)14(12)19-15/h3-5,9-11H,6-8H2,1-2H3,(H,16,17). The zero-order valence-corrected chi connectivity index (χ0v) is 11.3. The summed E-state index contributed by atoms with van der Waals surface area (Å²) >= 11 is 0. The summed E-state index contributed by atoms with van der Waals surface area (Å²) in [5.74, 6) is 2.11. The third-order valence-electron chi connectivity index (χ3n) is 4.25. The minimum Gasteiger partial charge on any atom is -0.493 e. The van der Waals surface area contributed by atoms with Crippen LogP contribution in [0, 0.1) is 0 Å². The summed E-state index contributed by atoms with van der Waals surface area (Å²) < 4.78 is 11.6. The number of nitrogens with one attached hydrogen (secondary N) is 1. The predicted molar refractivity (Wildman–Crippen MR) is 71.6 cm³/mol. The molecular formula is C15H19NO3. The second kappa shape index (κ2) is 4.44. The van der Waals surface area contributed by atoms with Crippen LogP contribution in [0.1, 0.15) is 37.7 Å². The first-order chi connectivity index (χ1) is 9.15. The average molecular weight is 261 g/mol. The molecule has 2 bridgehead atoms. The van der Waals surface area contributed by atoms with Crippen LogP contribution in [0.25, 0.3) is 0 Å². The van der Waals surface area contributed by atoms with Crippen LogP contribution in [-0.4, -0.2) is 25.2 Å². The van der Waals surface area contributed by atoms with E-state index in [2.05, 4.69) is 18.3 Å². The Morgan fingerprint density at radius 2 is 2.32 bits per heavy atom. The molecule has 0 spiro atoms. The maximum absolute atomic E-state index is 10.7. The van der Waals surface area contributed by atoms with Gasteiger partial charge in [0.1, 0.15) is 5.60 Å². The number of carbonyl (C=O) groups is 1. The lowest BCUT2D eigenvalue weighted by atomic mass is 9.71. The Bertz CT molecular complexity index is 502. The zero-order valence-electron chi connectivity index (χ0n) is 11.3. The number of hydrogen-bond donors (Lipinski definition) is 1. The van der Waals surface area contributed by atoms with Crippen molar-refractivity contribution in [2.75, 3.05) is 7.11 Å². The van der Waals surface area contributed by atoms with Crippen molar-refractivity contribution in [2.24, 2.45) is 0 Å². The number of rotatable bonds is 3. The summed E-state index contributed by atoms with van der Waals surface area (Å²) in [6.07, 6.45) is 3.61. The van der Waals surface area contributed by atoms with E-state index in [0.717, 1.165) is 37.2 Å². The summed E-state index contributed by atoms with van der Waals surface area (Å²) in [6, 6.07) is 6.23. The number of carbonyl (C=O) groups excluding carboxylic acids is 1. The third kappa shape index (κ3) is 2.05. The van der Waals surface area contributed by atoms with Crippen LogP contribution in [0.15, 0.2) is 18.2 Å². The molecule has 1 aliphatic carbocycles. The van der Waals surface area contributed by atoms with Gasteiger partial charge in [-0.1, -0.05) is 12.1 Å². The number of benzene rings is 1. The van der Waals surface area contributed by atoms with Crippen LogP contribution < -0.4 is 14.8 Å². The Labute approximate surface area is 113 Å². The van der Waals surface area contributed by atoms with Crippen LogP contribution in [-0.2, 0) is 4.79 Å². The van der Waals surface area contributed by atoms with Crippen LogP contribution in [0.3, 0.4) is 0 Å². The normalized spacial score (nSPS) is 31.9. The fourth-order valence-electron chi connectivity index (χ4n) is 3.55. The van der Waals surface area contributed by atoms with Gasteiger partial charge < -0.3 is 14.8 Å². The van der Waals surface area contributed by atoms with Crippen molar-refractivity contribution in [3.05, 3.63) is 23.8 Å². The minimum absolute atomic E-state index is 0.195. The smallest absolute Gasteiger partial charge is 0.207 e. The van der Waals surface area contributed by atoms with Gasteiger partial charge in [-0.25, -0.2) is 0 Å². The molecule has 1 saturated carbocycles. The number of para-hydroxylation sites is 1. The Balaban J connectivity index is 1.99. The topological polar surface area (TPSA) is 47.6 Å². The number of ether oxygens (including phenoxy) is 2. The van der Waals surface area contributed by atoms with Gasteiger partial charge in [-0.05, 0) is 31.7 Å². The molecule has 19 heavy (non-hydrogen) atoms. The van der Waals surface area contributed by atoms with Crippen molar-refractivity contribution < 1.29 is 14.3 Å². The van der Waals surface area contributed by atoms with Gasteiger partial charge in [0.15, 0.2) is 11.5 Å². The van der Waals surface area contributed by atoms with Crippen molar-refractivity contribution >= 4 is 6.41 Å². The monoisotopic (exact) mass is 261 g/mol. The zero-order chi connectivity index (χ0) is 13.5. The second-order valence-electron chi connectivity index (χ2n) is 5.75. The van der Waals surface area contributed by atoms with Gasteiger partial charge >= 0.3 is 0 Å². The van der Waals surface area contributed by atoms with Crippen LogP contribution in [0.2, 0.25) is 0 Å². The first kappa shape index (κ1) is 12.3. The molecule has 0 saturated heterocycles. The van der Waals surface area contributed by atoms with E-state index >= 15 is 0 Å². The quantitative estimate of drug-likeness (QED) is 0.849. The molecule has 4 heteroatoms. The predicted octanol–water partition coefficient (Wildman–Crippen LogP) is 2.23. The van der Waals surface area contributed by atoms with Crippen molar-refractivity contribution in [1.29, 1.82) is 0 Å². The summed E-state index contributed by atoms with van der Waals surface area (Å²) in [7, 11) is 1.67. The maximum Gasteiger partial charge on any atom is 0.207 e. The largest absolute Gasteiger partial charge is 0.493 e. The number of fused-ring (bicyclic) bond motifs is 4. The molecule has 0 aromatic heterocycles. The molecule has 1 N–H and O–H groups in total. The van der Waals surface area contributed by atoms with E-state index < -0.39 is 0 Å². The van der Waals surface area contributed by atoms with Gasteiger partial charge in [0, 0.05) is 18.0 Å². The van der Waals surface area contributed by atoms with Crippen LogP contribution in [0.5, 0.6) is 11.5 Å². The van der Waals surface area contributed by atoms with Crippen molar-refractivity contribution in [2.45, 2.75) is 43.7 Å². The highest BCUT2D eigenvalue weighted by Crippen LogP contribution is 2.51. The van der Waals surface area contributed by atoms with Crippen molar-refractivity contribution in [1.82, 2.24) is 5.32 Å². The molecule has 3 rings (SSSR count). The first-order valence-electron chi connectivity index (χ1n) is 6.71. The molecular weight excluding hydrogens is 242 g/mol. The Morgan fingerprint density at radius 3 is 3.05 bits per heavy atom. The highest BCUT2D eigenvalue weighted by Gasteiger charge is 2.45. The fourth-order valence-corrected chi connectivity index (χ4v) is 3.55. The lowest BCUT2D eigenvalue weighted by Crippen LogP contribution is -2.49. The molecule has 3 atom stereocenters. The third-order valence-corrected chi connectivity index (χ3v) is 4.25. The van der Waals surface area contributed by atoms with Gasteiger partial charge in [0.25, 0.3) is 0 Å². The number of hydrogen-bond acceptors (Lipinski definition) is 3. The summed E-state index contributed by atoms with van der Waals surface area (Å²) in [5.41, 5.74) is 0.986. The lowest BCUT2D eigenvalue weighted by molar-refractivity contribution is -0.111. The van der Waals surface area contributed by atoms with E-state index in [1.54, 1.807) is 7.11 Å². The Hall–Kier alpha value is -1.71. The van der Waals surface area contributed by atoms with E-state index in [0.29, 0.717) is 5.92 Å². The highest BCUT2D eigenvalue weighted by molar-refractivity contribution is 5.51. The molecule has 1 fully saturated rings. The Morgan fingerprint density at radius 1 is 1.47 bits per heavy atom. The number of methoxy groups -OCH3 is 1. The number of amides is 1. The molecule has 1 aliphatic heterocycles. The van der Waals surface area contributed by atoms with Gasteiger partial charge in [-0.3, -0.25) is 4.79 Å². The van der Waals surface area contributed by atoms with E-state index in [1.165, 1.54) is 5.56 Å². The first-order valence-corrected chi connectivity index (χ1v) is 6.71. The van der Waals surface area contributed by atoms with E-state index in [4.69, 9.17) is 9.47 Å². The molecule has 1 amide bonds.